The standard InChI is InChI=1S/C19H23BrN2OS/c1-21(12-15-10-11-18(20)24-15)13-19(23)22(2)17-9-5-7-14-6-3-4-8-16(14)17/h3-4,6,8,10-11,17H,5,7,9,12-13H2,1-2H3. The third-order valence-electron chi connectivity index (χ3n) is 4.66. The van der Waals surface area contributed by atoms with Crippen LogP contribution < -0.4 is 0 Å². The first-order chi connectivity index (χ1) is 11.5. The van der Waals surface area contributed by atoms with Gasteiger partial charge in [-0.15, -0.1) is 11.3 Å². The molecule has 0 saturated heterocycles. The van der Waals surface area contributed by atoms with Crippen LogP contribution >= 0.6 is 27.3 Å². The van der Waals surface area contributed by atoms with Crippen molar-refractivity contribution < 1.29 is 4.79 Å². The second-order valence-electron chi connectivity index (χ2n) is 6.49. The zero-order chi connectivity index (χ0) is 17.1. The van der Waals surface area contributed by atoms with Gasteiger partial charge in [-0.05, 0) is 65.5 Å². The molecule has 1 amide bonds. The average molecular weight is 407 g/mol. The number of amides is 1. The number of carbonyl (C=O) groups excluding carboxylic acids is 1. The van der Waals surface area contributed by atoms with Gasteiger partial charge >= 0.3 is 0 Å². The first-order valence-corrected chi connectivity index (χ1v) is 9.92. The van der Waals surface area contributed by atoms with Crippen molar-refractivity contribution in [1.29, 1.82) is 0 Å². The molecular weight excluding hydrogens is 384 g/mol. The molecule has 0 aliphatic heterocycles. The lowest BCUT2D eigenvalue weighted by Gasteiger charge is -2.34. The summed E-state index contributed by atoms with van der Waals surface area (Å²) in [6, 6.07) is 12.9. The van der Waals surface area contributed by atoms with Gasteiger partial charge in [0.05, 0.1) is 16.4 Å². The predicted molar refractivity (Wildman–Crippen MR) is 103 cm³/mol. The molecule has 1 atom stereocenters. The van der Waals surface area contributed by atoms with Crippen molar-refractivity contribution in [3.8, 4) is 0 Å². The molecule has 0 saturated carbocycles. The van der Waals surface area contributed by atoms with Crippen LogP contribution in [-0.4, -0.2) is 36.3 Å². The molecule has 0 radical (unpaired) electrons. The van der Waals surface area contributed by atoms with E-state index in [0.29, 0.717) is 6.54 Å². The van der Waals surface area contributed by atoms with E-state index in [0.717, 1.165) is 29.6 Å². The number of hydrogen-bond donors (Lipinski definition) is 0. The molecule has 1 aromatic heterocycles. The third-order valence-corrected chi connectivity index (χ3v) is 6.27. The summed E-state index contributed by atoms with van der Waals surface area (Å²) in [7, 11) is 3.96. The van der Waals surface area contributed by atoms with Crippen molar-refractivity contribution in [2.45, 2.75) is 31.8 Å². The van der Waals surface area contributed by atoms with Crippen LogP contribution in [0.1, 0.15) is 34.9 Å². The maximum Gasteiger partial charge on any atom is 0.237 e. The van der Waals surface area contributed by atoms with Crippen molar-refractivity contribution in [3.63, 3.8) is 0 Å². The summed E-state index contributed by atoms with van der Waals surface area (Å²) in [4.78, 5) is 18.0. The van der Waals surface area contributed by atoms with E-state index in [9.17, 15) is 4.79 Å². The fraction of sp³-hybridized carbons (Fsp3) is 0.421. The highest BCUT2D eigenvalue weighted by atomic mass is 79.9. The van der Waals surface area contributed by atoms with Crippen LogP contribution in [0.15, 0.2) is 40.2 Å². The molecule has 0 bridgehead atoms. The van der Waals surface area contributed by atoms with Crippen LogP contribution in [0.25, 0.3) is 0 Å². The van der Waals surface area contributed by atoms with Crippen molar-refractivity contribution >= 4 is 33.2 Å². The Morgan fingerprint density at radius 3 is 2.79 bits per heavy atom. The molecule has 1 heterocycles. The predicted octanol–water partition coefficient (Wildman–Crippen LogP) is 4.48. The van der Waals surface area contributed by atoms with E-state index < -0.39 is 0 Å². The number of likely N-dealkylation sites (N-methyl/N-ethyl adjacent to an activating group) is 2. The largest absolute Gasteiger partial charge is 0.338 e. The number of rotatable bonds is 5. The molecule has 3 nitrogen and oxygen atoms in total. The third kappa shape index (κ3) is 4.08. The first kappa shape index (κ1) is 17.6. The Labute approximate surface area is 156 Å². The fourth-order valence-corrected chi connectivity index (χ4v) is 4.97. The van der Waals surface area contributed by atoms with Gasteiger partial charge in [-0.25, -0.2) is 0 Å². The van der Waals surface area contributed by atoms with Gasteiger partial charge in [-0.2, -0.15) is 0 Å². The van der Waals surface area contributed by atoms with E-state index in [2.05, 4.69) is 57.2 Å². The lowest BCUT2D eigenvalue weighted by atomic mass is 9.87. The Morgan fingerprint density at radius 1 is 1.25 bits per heavy atom. The van der Waals surface area contributed by atoms with E-state index in [-0.39, 0.29) is 11.9 Å². The van der Waals surface area contributed by atoms with Gasteiger partial charge in [0.2, 0.25) is 5.91 Å². The first-order valence-electron chi connectivity index (χ1n) is 8.31. The van der Waals surface area contributed by atoms with Gasteiger partial charge in [-0.3, -0.25) is 9.69 Å². The molecule has 3 rings (SSSR count). The summed E-state index contributed by atoms with van der Waals surface area (Å²) in [5, 5.41) is 0. The highest BCUT2D eigenvalue weighted by Gasteiger charge is 2.26. The summed E-state index contributed by atoms with van der Waals surface area (Å²) < 4.78 is 1.13. The number of halogens is 1. The van der Waals surface area contributed by atoms with Gasteiger partial charge in [0.15, 0.2) is 0 Å². The van der Waals surface area contributed by atoms with E-state index in [4.69, 9.17) is 0 Å². The maximum atomic E-state index is 12.7. The summed E-state index contributed by atoms with van der Waals surface area (Å²) in [6.45, 7) is 1.25. The normalized spacial score (nSPS) is 16.9. The minimum absolute atomic E-state index is 0.190. The lowest BCUT2D eigenvalue weighted by Crippen LogP contribution is -2.39. The smallest absolute Gasteiger partial charge is 0.237 e. The van der Waals surface area contributed by atoms with Crippen LogP contribution in [0.3, 0.4) is 0 Å². The zero-order valence-corrected chi connectivity index (χ0v) is 16.6. The lowest BCUT2D eigenvalue weighted by molar-refractivity contribution is -0.133. The minimum atomic E-state index is 0.190. The number of fused-ring (bicyclic) bond motifs is 1. The van der Waals surface area contributed by atoms with E-state index in [1.54, 1.807) is 11.3 Å². The van der Waals surface area contributed by atoms with E-state index in [1.807, 2.05) is 19.0 Å². The van der Waals surface area contributed by atoms with Crippen LogP contribution in [0.2, 0.25) is 0 Å². The van der Waals surface area contributed by atoms with E-state index in [1.165, 1.54) is 16.0 Å². The monoisotopic (exact) mass is 406 g/mol. The number of carbonyl (C=O) groups is 1. The summed E-state index contributed by atoms with van der Waals surface area (Å²) >= 11 is 5.21. The quantitative estimate of drug-likeness (QED) is 0.730. The Bertz CT molecular complexity index is 715. The summed E-state index contributed by atoms with van der Waals surface area (Å²) in [5.41, 5.74) is 2.72. The Balaban J connectivity index is 1.63. The number of hydrogen-bond acceptors (Lipinski definition) is 3. The molecule has 0 fully saturated rings. The molecule has 1 unspecified atom stereocenters. The fourth-order valence-electron chi connectivity index (χ4n) is 3.41. The molecule has 1 aliphatic carbocycles. The van der Waals surface area contributed by atoms with Gasteiger partial charge in [0.25, 0.3) is 0 Å². The number of benzene rings is 1. The highest BCUT2D eigenvalue weighted by Crippen LogP contribution is 2.33. The molecular formula is C19H23BrN2OS. The second kappa shape index (κ2) is 7.81. The van der Waals surface area contributed by atoms with Crippen molar-refractivity contribution in [3.05, 3.63) is 56.2 Å². The minimum Gasteiger partial charge on any atom is -0.338 e. The van der Waals surface area contributed by atoms with Gasteiger partial charge in [0.1, 0.15) is 0 Å². The Morgan fingerprint density at radius 2 is 2.04 bits per heavy atom. The molecule has 1 aromatic carbocycles. The van der Waals surface area contributed by atoms with Crippen LogP contribution in [0.4, 0.5) is 0 Å². The SMILES string of the molecule is CN(CC(=O)N(C)C1CCCc2ccccc21)Cc1ccc(Br)s1. The maximum absolute atomic E-state index is 12.7. The molecule has 5 heteroatoms. The molecule has 0 spiro atoms. The molecule has 1 aliphatic rings. The van der Waals surface area contributed by atoms with Crippen LogP contribution in [0, 0.1) is 0 Å². The zero-order valence-electron chi connectivity index (χ0n) is 14.2. The Kier molecular flexibility index (Phi) is 5.74. The summed E-state index contributed by atoms with van der Waals surface area (Å²) in [5.74, 6) is 0.190. The number of nitrogens with zero attached hydrogens (tertiary/aromatic N) is 2. The van der Waals surface area contributed by atoms with Crippen molar-refractivity contribution in [2.75, 3.05) is 20.6 Å². The van der Waals surface area contributed by atoms with Crippen molar-refractivity contribution in [1.82, 2.24) is 9.80 Å². The number of thiophene rings is 1. The molecule has 2 aromatic rings. The average Bonchev–Trinajstić information content (AvgIpc) is 2.98. The van der Waals surface area contributed by atoms with Gasteiger partial charge in [-0.1, -0.05) is 24.3 Å². The van der Waals surface area contributed by atoms with Crippen LogP contribution in [-0.2, 0) is 17.8 Å². The number of aryl methyl sites for hydroxylation is 1. The Hall–Kier alpha value is -1.17. The van der Waals surface area contributed by atoms with Crippen molar-refractivity contribution in [2.24, 2.45) is 0 Å². The highest BCUT2D eigenvalue weighted by molar-refractivity contribution is 9.11. The molecule has 0 N–H and O–H groups in total. The molecule has 24 heavy (non-hydrogen) atoms. The van der Waals surface area contributed by atoms with E-state index >= 15 is 0 Å². The second-order valence-corrected chi connectivity index (χ2v) is 9.04. The van der Waals surface area contributed by atoms with Crippen LogP contribution in [0.5, 0.6) is 0 Å². The molecule has 128 valence electrons. The topological polar surface area (TPSA) is 23.6 Å². The summed E-state index contributed by atoms with van der Waals surface area (Å²) in [6.07, 6.45) is 3.33. The van der Waals surface area contributed by atoms with Gasteiger partial charge < -0.3 is 4.90 Å². The van der Waals surface area contributed by atoms with Gasteiger partial charge in [0, 0.05) is 18.5 Å².